The molecule has 0 saturated heterocycles. The van der Waals surface area contributed by atoms with Crippen LogP contribution in [0.2, 0.25) is 0 Å². The van der Waals surface area contributed by atoms with Crippen LogP contribution in [-0.2, 0) is 28.6 Å². The Morgan fingerprint density at radius 1 is 0.266 bits per heavy atom. The van der Waals surface area contributed by atoms with Gasteiger partial charge in [-0.2, -0.15) is 0 Å². The van der Waals surface area contributed by atoms with Crippen LogP contribution >= 0.6 is 0 Å². The van der Waals surface area contributed by atoms with E-state index < -0.39 is 6.10 Å². The van der Waals surface area contributed by atoms with Gasteiger partial charge in [-0.25, -0.2) is 0 Å². The first-order chi connectivity index (χ1) is 39.0. The SMILES string of the molecule is CC/C=C\C/C=C\C/C=C\C/C=C\C/C=C\C/C=C\CCCCCCCCCCCCCCCCCCC(=O)OCC(COC(=O)CCCCCCCCCCC)OC(=O)CCC/C=C\C/C=C\C/C=C\C/C=C\C/C=C\CC. The van der Waals surface area contributed by atoms with Crippen molar-refractivity contribution < 1.29 is 28.6 Å². The molecule has 1 atom stereocenters. The number of allylic oxidation sites excluding steroid dienone is 22. The number of rotatable bonds is 58. The molecule has 0 rings (SSSR count). The molecule has 448 valence electrons. The van der Waals surface area contributed by atoms with Gasteiger partial charge in [0.1, 0.15) is 13.2 Å². The third-order valence-corrected chi connectivity index (χ3v) is 13.7. The summed E-state index contributed by atoms with van der Waals surface area (Å²) in [4.78, 5) is 38.1. The summed E-state index contributed by atoms with van der Waals surface area (Å²) >= 11 is 0. The number of esters is 3. The van der Waals surface area contributed by atoms with Crippen molar-refractivity contribution >= 4 is 17.9 Å². The van der Waals surface area contributed by atoms with Gasteiger partial charge in [-0.15, -0.1) is 0 Å². The molecule has 0 spiro atoms. The van der Waals surface area contributed by atoms with Crippen molar-refractivity contribution in [3.05, 3.63) is 134 Å². The van der Waals surface area contributed by atoms with Crippen LogP contribution in [-0.4, -0.2) is 37.2 Å². The van der Waals surface area contributed by atoms with Crippen molar-refractivity contribution in [2.75, 3.05) is 13.2 Å². The predicted octanol–water partition coefficient (Wildman–Crippen LogP) is 22.5. The van der Waals surface area contributed by atoms with E-state index in [0.29, 0.717) is 19.3 Å². The van der Waals surface area contributed by atoms with Gasteiger partial charge in [0.15, 0.2) is 6.10 Å². The summed E-state index contributed by atoms with van der Waals surface area (Å²) in [7, 11) is 0. The van der Waals surface area contributed by atoms with Crippen molar-refractivity contribution in [1.82, 2.24) is 0 Å². The van der Waals surface area contributed by atoms with Crippen LogP contribution in [0.25, 0.3) is 0 Å². The molecular formula is C73H120O6. The van der Waals surface area contributed by atoms with Crippen LogP contribution in [0.3, 0.4) is 0 Å². The highest BCUT2D eigenvalue weighted by atomic mass is 16.6. The highest BCUT2D eigenvalue weighted by molar-refractivity contribution is 5.71. The highest BCUT2D eigenvalue weighted by Gasteiger charge is 2.19. The van der Waals surface area contributed by atoms with Gasteiger partial charge in [-0.05, 0) is 109 Å². The summed E-state index contributed by atoms with van der Waals surface area (Å²) in [6.07, 6.45) is 93.5. The van der Waals surface area contributed by atoms with Crippen LogP contribution in [0.15, 0.2) is 134 Å². The minimum absolute atomic E-state index is 0.0998. The molecule has 0 aliphatic carbocycles. The number of ether oxygens (including phenoxy) is 3. The van der Waals surface area contributed by atoms with E-state index in [0.717, 1.165) is 116 Å². The summed E-state index contributed by atoms with van der Waals surface area (Å²) in [5.41, 5.74) is 0. The predicted molar refractivity (Wildman–Crippen MR) is 343 cm³/mol. The molecule has 0 aromatic carbocycles. The summed E-state index contributed by atoms with van der Waals surface area (Å²) in [5, 5.41) is 0. The number of unbranched alkanes of at least 4 members (excludes halogenated alkanes) is 25. The van der Waals surface area contributed by atoms with Gasteiger partial charge in [-0.1, -0.05) is 296 Å². The Morgan fingerprint density at radius 3 is 0.810 bits per heavy atom. The van der Waals surface area contributed by atoms with Crippen LogP contribution in [0, 0.1) is 0 Å². The lowest BCUT2D eigenvalue weighted by Gasteiger charge is -2.18. The average Bonchev–Trinajstić information content (AvgIpc) is 3.45. The van der Waals surface area contributed by atoms with Gasteiger partial charge in [0.25, 0.3) is 0 Å². The first-order valence-electron chi connectivity index (χ1n) is 32.7. The van der Waals surface area contributed by atoms with Crippen molar-refractivity contribution in [1.29, 1.82) is 0 Å². The smallest absolute Gasteiger partial charge is 0.306 e. The molecule has 6 heteroatoms. The summed E-state index contributed by atoms with van der Waals surface area (Å²) in [6.45, 7) is 6.35. The Hall–Kier alpha value is -4.45. The molecule has 0 aliphatic heterocycles. The lowest BCUT2D eigenvalue weighted by Crippen LogP contribution is -2.30. The van der Waals surface area contributed by atoms with E-state index in [4.69, 9.17) is 14.2 Å². The number of hydrogen-bond acceptors (Lipinski definition) is 6. The molecule has 79 heavy (non-hydrogen) atoms. The van der Waals surface area contributed by atoms with Gasteiger partial charge in [0, 0.05) is 19.3 Å². The van der Waals surface area contributed by atoms with E-state index in [-0.39, 0.29) is 37.5 Å². The van der Waals surface area contributed by atoms with E-state index in [1.807, 2.05) is 0 Å². The fourth-order valence-corrected chi connectivity index (χ4v) is 8.84. The standard InChI is InChI=1S/C73H120O6/c1-4-7-10-13-16-19-21-23-25-27-28-29-30-31-32-33-34-35-36-37-38-39-40-41-42-43-44-46-47-49-51-54-57-60-63-66-72(75)78-69-70(68-77-71(74)65-62-59-56-53-18-15-12-9-6-3)79-73(76)67-64-61-58-55-52-50-48-45-26-24-22-20-17-14-11-8-5-2/h7-8,10-11,16-17,19-20,23-26,28-29,31-32,34-35,48,50,55,58,70H,4-6,9,12-15,18,21-22,27,30,33,36-47,49,51-54,56-57,59-69H2,1-3H3/b10-7-,11-8-,19-16-,20-17-,25-23-,26-24-,29-28-,32-31-,35-34-,50-48-,58-55-. The Balaban J connectivity index is 4.14. The second kappa shape index (κ2) is 66.1. The Bertz CT molecular complexity index is 1680. The van der Waals surface area contributed by atoms with Crippen LogP contribution in [0.1, 0.15) is 290 Å². The van der Waals surface area contributed by atoms with E-state index >= 15 is 0 Å². The molecule has 6 nitrogen and oxygen atoms in total. The maximum absolute atomic E-state index is 12.8. The molecule has 0 saturated carbocycles. The molecule has 0 amide bonds. The normalized spacial score (nSPS) is 13.0. The van der Waals surface area contributed by atoms with E-state index in [9.17, 15) is 14.4 Å². The van der Waals surface area contributed by atoms with Crippen LogP contribution in [0.5, 0.6) is 0 Å². The summed E-state index contributed by atoms with van der Waals surface area (Å²) in [5.74, 6) is -0.958. The van der Waals surface area contributed by atoms with Crippen molar-refractivity contribution in [2.45, 2.75) is 297 Å². The van der Waals surface area contributed by atoms with Gasteiger partial charge < -0.3 is 14.2 Å². The van der Waals surface area contributed by atoms with Crippen molar-refractivity contribution in [3.63, 3.8) is 0 Å². The zero-order chi connectivity index (χ0) is 57.1. The van der Waals surface area contributed by atoms with E-state index in [1.165, 1.54) is 128 Å². The average molecular weight is 1090 g/mol. The lowest BCUT2D eigenvalue weighted by atomic mass is 10.0. The van der Waals surface area contributed by atoms with Gasteiger partial charge in [0.2, 0.25) is 0 Å². The quantitative estimate of drug-likeness (QED) is 0.0261. The third kappa shape index (κ3) is 64.3. The van der Waals surface area contributed by atoms with Gasteiger partial charge in [-0.3, -0.25) is 14.4 Å². The van der Waals surface area contributed by atoms with Crippen molar-refractivity contribution in [2.24, 2.45) is 0 Å². The Kier molecular flexibility index (Phi) is 62.3. The van der Waals surface area contributed by atoms with Gasteiger partial charge >= 0.3 is 17.9 Å². The minimum atomic E-state index is -0.808. The highest BCUT2D eigenvalue weighted by Crippen LogP contribution is 2.16. The Morgan fingerprint density at radius 2 is 0.506 bits per heavy atom. The monoisotopic (exact) mass is 1090 g/mol. The zero-order valence-electron chi connectivity index (χ0n) is 51.3. The lowest BCUT2D eigenvalue weighted by molar-refractivity contribution is -0.167. The number of hydrogen-bond donors (Lipinski definition) is 0. The van der Waals surface area contributed by atoms with E-state index in [2.05, 4.69) is 154 Å². The first-order valence-corrected chi connectivity index (χ1v) is 32.7. The second-order valence-electron chi connectivity index (χ2n) is 21.3. The van der Waals surface area contributed by atoms with Crippen molar-refractivity contribution in [3.8, 4) is 0 Å². The fraction of sp³-hybridized carbons (Fsp3) is 0.658. The molecule has 0 aromatic heterocycles. The molecule has 1 unspecified atom stereocenters. The van der Waals surface area contributed by atoms with Crippen LogP contribution < -0.4 is 0 Å². The molecule has 0 heterocycles. The fourth-order valence-electron chi connectivity index (χ4n) is 8.84. The molecule has 0 aliphatic rings. The second-order valence-corrected chi connectivity index (χ2v) is 21.3. The van der Waals surface area contributed by atoms with Gasteiger partial charge in [0.05, 0.1) is 0 Å². The summed E-state index contributed by atoms with van der Waals surface area (Å²) < 4.78 is 16.8. The third-order valence-electron chi connectivity index (χ3n) is 13.7. The number of carbonyl (C=O) groups excluding carboxylic acids is 3. The molecule has 0 fully saturated rings. The number of carbonyl (C=O) groups is 3. The Labute approximate surface area is 487 Å². The topological polar surface area (TPSA) is 78.9 Å². The van der Waals surface area contributed by atoms with E-state index in [1.54, 1.807) is 0 Å². The molecule has 0 radical (unpaired) electrons. The zero-order valence-corrected chi connectivity index (χ0v) is 51.3. The van der Waals surface area contributed by atoms with Crippen LogP contribution in [0.4, 0.5) is 0 Å². The molecule has 0 aromatic rings. The molecular weight excluding hydrogens is 973 g/mol. The maximum Gasteiger partial charge on any atom is 0.306 e. The molecule has 0 N–H and O–H groups in total. The molecule has 0 bridgehead atoms. The maximum atomic E-state index is 12.8. The largest absolute Gasteiger partial charge is 0.462 e. The minimum Gasteiger partial charge on any atom is -0.462 e. The summed E-state index contributed by atoms with van der Waals surface area (Å²) in [6, 6.07) is 0. The first kappa shape index (κ1) is 74.5.